The second kappa shape index (κ2) is 7.61. The van der Waals surface area contributed by atoms with Crippen molar-refractivity contribution >= 4 is 29.1 Å². The van der Waals surface area contributed by atoms with E-state index in [4.69, 9.17) is 11.6 Å². The minimum atomic E-state index is -0.219. The van der Waals surface area contributed by atoms with Crippen LogP contribution >= 0.6 is 11.6 Å². The summed E-state index contributed by atoms with van der Waals surface area (Å²) >= 11 is 6.00. The zero-order valence-corrected chi connectivity index (χ0v) is 13.7. The van der Waals surface area contributed by atoms with Crippen LogP contribution in [0.25, 0.3) is 0 Å². The van der Waals surface area contributed by atoms with E-state index in [0.717, 1.165) is 19.4 Å². The molecule has 1 aromatic rings. The van der Waals surface area contributed by atoms with Crippen LogP contribution in [0.5, 0.6) is 0 Å². The van der Waals surface area contributed by atoms with Crippen LogP contribution in [0.1, 0.15) is 37.0 Å². The zero-order chi connectivity index (χ0) is 16.1. The van der Waals surface area contributed by atoms with Gasteiger partial charge in [0.15, 0.2) is 0 Å². The van der Waals surface area contributed by atoms with Gasteiger partial charge in [-0.1, -0.05) is 11.6 Å². The molecular formula is C16H22ClN3O2. The number of nitrogens with one attached hydrogen (secondary N) is 3. The van der Waals surface area contributed by atoms with Gasteiger partial charge in [0.25, 0.3) is 5.91 Å². The Bertz CT molecular complexity index is 554. The van der Waals surface area contributed by atoms with Gasteiger partial charge in [0, 0.05) is 17.6 Å². The summed E-state index contributed by atoms with van der Waals surface area (Å²) < 4.78 is 0. The highest BCUT2D eigenvalue weighted by atomic mass is 35.5. The molecule has 120 valence electrons. The number of benzene rings is 1. The summed E-state index contributed by atoms with van der Waals surface area (Å²) in [7, 11) is 0. The maximum absolute atomic E-state index is 12.3. The van der Waals surface area contributed by atoms with Crippen LogP contribution in [-0.4, -0.2) is 30.9 Å². The van der Waals surface area contributed by atoms with Crippen LogP contribution in [0.2, 0.25) is 5.02 Å². The molecule has 6 heteroatoms. The highest BCUT2D eigenvalue weighted by Gasteiger charge is 2.22. The van der Waals surface area contributed by atoms with Crippen molar-refractivity contribution in [2.75, 3.05) is 18.4 Å². The Balaban J connectivity index is 2.16. The molecule has 0 saturated carbocycles. The minimum Gasteiger partial charge on any atom is -0.350 e. The topological polar surface area (TPSA) is 70.2 Å². The summed E-state index contributed by atoms with van der Waals surface area (Å²) in [6.07, 6.45) is 1.83. The summed E-state index contributed by atoms with van der Waals surface area (Å²) in [5.41, 5.74) is 0.886. The Kier molecular flexibility index (Phi) is 5.80. The second-order valence-corrected chi connectivity index (χ2v) is 6.29. The standard InChI is InChI=1S/C16H22ClN3O2/c1-10(2)19-16(22)13-6-5-12(17)8-14(13)20-15(21)11-4-3-7-18-9-11/h5-6,8,10-11,18H,3-4,7,9H2,1-2H3,(H,19,22)(H,20,21). The predicted octanol–water partition coefficient (Wildman–Crippen LogP) is 2.42. The van der Waals surface area contributed by atoms with Gasteiger partial charge >= 0.3 is 0 Å². The number of amides is 2. The molecule has 5 nitrogen and oxygen atoms in total. The van der Waals surface area contributed by atoms with Gasteiger partial charge in [0.1, 0.15) is 0 Å². The van der Waals surface area contributed by atoms with Gasteiger partial charge in [-0.2, -0.15) is 0 Å². The van der Waals surface area contributed by atoms with E-state index in [1.54, 1.807) is 18.2 Å². The molecule has 0 aromatic heterocycles. The zero-order valence-electron chi connectivity index (χ0n) is 12.9. The molecule has 1 aliphatic rings. The van der Waals surface area contributed by atoms with Gasteiger partial charge in [0.2, 0.25) is 5.91 Å². The van der Waals surface area contributed by atoms with Crippen LogP contribution in [0, 0.1) is 5.92 Å². The quantitative estimate of drug-likeness (QED) is 0.797. The lowest BCUT2D eigenvalue weighted by Crippen LogP contribution is -2.37. The number of hydrogen-bond acceptors (Lipinski definition) is 3. The molecule has 22 heavy (non-hydrogen) atoms. The Morgan fingerprint density at radius 2 is 2.14 bits per heavy atom. The summed E-state index contributed by atoms with van der Waals surface area (Å²) in [5.74, 6) is -0.370. The van der Waals surface area contributed by atoms with E-state index in [2.05, 4.69) is 16.0 Å². The first kappa shape index (κ1) is 16.8. The van der Waals surface area contributed by atoms with Crippen LogP contribution in [0.3, 0.4) is 0 Å². The molecule has 1 saturated heterocycles. The van der Waals surface area contributed by atoms with Gasteiger partial charge in [-0.15, -0.1) is 0 Å². The van der Waals surface area contributed by atoms with E-state index in [1.807, 2.05) is 13.8 Å². The minimum absolute atomic E-state index is 0.0225. The van der Waals surface area contributed by atoms with Gasteiger partial charge in [0.05, 0.1) is 17.2 Å². The lowest BCUT2D eigenvalue weighted by Gasteiger charge is -2.22. The summed E-state index contributed by atoms with van der Waals surface area (Å²) in [6.45, 7) is 5.39. The van der Waals surface area contributed by atoms with Crippen molar-refractivity contribution in [3.05, 3.63) is 28.8 Å². The Hall–Kier alpha value is -1.59. The van der Waals surface area contributed by atoms with Crippen LogP contribution in [-0.2, 0) is 4.79 Å². The van der Waals surface area contributed by atoms with Crippen LogP contribution in [0.4, 0.5) is 5.69 Å². The number of rotatable bonds is 4. The molecule has 1 aromatic carbocycles. The van der Waals surface area contributed by atoms with Crippen molar-refractivity contribution in [1.82, 2.24) is 10.6 Å². The normalized spacial score (nSPS) is 18.1. The lowest BCUT2D eigenvalue weighted by atomic mass is 9.98. The molecule has 2 amide bonds. The highest BCUT2D eigenvalue weighted by Crippen LogP contribution is 2.23. The summed E-state index contributed by atoms with van der Waals surface area (Å²) in [6, 6.07) is 4.92. The first-order chi connectivity index (χ1) is 10.5. The maximum Gasteiger partial charge on any atom is 0.253 e. The van der Waals surface area contributed by atoms with Crippen LogP contribution in [0.15, 0.2) is 18.2 Å². The van der Waals surface area contributed by atoms with Gasteiger partial charge in [-0.05, 0) is 51.4 Å². The molecule has 0 aliphatic carbocycles. The first-order valence-electron chi connectivity index (χ1n) is 7.59. The third-order valence-electron chi connectivity index (χ3n) is 3.57. The predicted molar refractivity (Wildman–Crippen MR) is 88.3 cm³/mol. The van der Waals surface area contributed by atoms with E-state index in [0.29, 0.717) is 22.8 Å². The van der Waals surface area contributed by atoms with E-state index in [-0.39, 0.29) is 23.8 Å². The molecule has 0 spiro atoms. The van der Waals surface area contributed by atoms with E-state index in [9.17, 15) is 9.59 Å². The van der Waals surface area contributed by atoms with E-state index in [1.165, 1.54) is 0 Å². The van der Waals surface area contributed by atoms with Crippen molar-refractivity contribution in [3.63, 3.8) is 0 Å². The molecule has 1 atom stereocenters. The van der Waals surface area contributed by atoms with Crippen molar-refractivity contribution in [2.45, 2.75) is 32.7 Å². The largest absolute Gasteiger partial charge is 0.350 e. The third kappa shape index (κ3) is 4.45. The number of carbonyl (C=O) groups is 2. The molecule has 1 heterocycles. The Labute approximate surface area is 135 Å². The Morgan fingerprint density at radius 1 is 1.36 bits per heavy atom. The SMILES string of the molecule is CC(C)NC(=O)c1ccc(Cl)cc1NC(=O)C1CCCNC1. The highest BCUT2D eigenvalue weighted by molar-refractivity contribution is 6.31. The number of carbonyl (C=O) groups excluding carboxylic acids is 2. The Morgan fingerprint density at radius 3 is 2.77 bits per heavy atom. The number of anilines is 1. The number of hydrogen-bond donors (Lipinski definition) is 3. The van der Waals surface area contributed by atoms with E-state index >= 15 is 0 Å². The van der Waals surface area contributed by atoms with Crippen molar-refractivity contribution in [1.29, 1.82) is 0 Å². The van der Waals surface area contributed by atoms with Crippen LogP contribution < -0.4 is 16.0 Å². The van der Waals surface area contributed by atoms with Crippen molar-refractivity contribution in [3.8, 4) is 0 Å². The maximum atomic E-state index is 12.3. The lowest BCUT2D eigenvalue weighted by molar-refractivity contribution is -0.120. The number of piperidine rings is 1. The van der Waals surface area contributed by atoms with E-state index < -0.39 is 0 Å². The number of halogens is 1. The summed E-state index contributed by atoms with van der Waals surface area (Å²) in [4.78, 5) is 24.6. The average Bonchev–Trinajstić information content (AvgIpc) is 2.47. The molecule has 0 bridgehead atoms. The smallest absolute Gasteiger partial charge is 0.253 e. The fourth-order valence-electron chi connectivity index (χ4n) is 2.47. The third-order valence-corrected chi connectivity index (χ3v) is 3.81. The van der Waals surface area contributed by atoms with Gasteiger partial charge in [-0.3, -0.25) is 9.59 Å². The molecule has 1 unspecified atom stereocenters. The molecule has 3 N–H and O–H groups in total. The second-order valence-electron chi connectivity index (χ2n) is 5.85. The molecule has 2 rings (SSSR count). The molecular weight excluding hydrogens is 302 g/mol. The van der Waals surface area contributed by atoms with Crippen molar-refractivity contribution < 1.29 is 9.59 Å². The summed E-state index contributed by atoms with van der Waals surface area (Å²) in [5, 5.41) is 9.37. The van der Waals surface area contributed by atoms with Crippen molar-refractivity contribution in [2.24, 2.45) is 5.92 Å². The monoisotopic (exact) mass is 323 g/mol. The fourth-order valence-corrected chi connectivity index (χ4v) is 2.64. The fraction of sp³-hybridized carbons (Fsp3) is 0.500. The molecule has 0 radical (unpaired) electrons. The molecule has 1 fully saturated rings. The molecule has 1 aliphatic heterocycles. The first-order valence-corrected chi connectivity index (χ1v) is 7.97. The average molecular weight is 324 g/mol. The van der Waals surface area contributed by atoms with Gasteiger partial charge < -0.3 is 16.0 Å². The van der Waals surface area contributed by atoms with Gasteiger partial charge in [-0.25, -0.2) is 0 Å².